The molecule has 5 N–H and O–H groups in total. The fourth-order valence-electron chi connectivity index (χ4n) is 9.04. The molecule has 2 atom stereocenters. The zero-order chi connectivity index (χ0) is 91.8. The first kappa shape index (κ1) is 140. The first-order valence-corrected chi connectivity index (χ1v) is 43.0. The highest BCUT2D eigenvalue weighted by molar-refractivity contribution is 5.85. The Kier molecular flexibility index (Phi) is 100. The molecular weight excluding hydrogens is 1510 g/mol. The molecule has 2 heterocycles. The highest BCUT2D eigenvalue weighted by atomic mass is 35.5. The van der Waals surface area contributed by atoms with Gasteiger partial charge in [-0.25, -0.2) is 0 Å². The number of allylic oxidation sites excluding steroid dienone is 2. The third-order valence-corrected chi connectivity index (χ3v) is 21.1. The second kappa shape index (κ2) is 84.9. The lowest BCUT2D eigenvalue weighted by atomic mass is 9.80. The van der Waals surface area contributed by atoms with Crippen molar-refractivity contribution in [2.24, 2.45) is 44.1 Å². The molecule has 24 nitrogen and oxygen atoms in total. The molecule has 0 aromatic carbocycles. The van der Waals surface area contributed by atoms with Gasteiger partial charge in [0.25, 0.3) is 0 Å². The van der Waals surface area contributed by atoms with Crippen LogP contribution < -0.4 is 21.7 Å². The fraction of sp³-hybridized carbons (Fsp3) is 0.860. The van der Waals surface area contributed by atoms with Crippen LogP contribution in [0.1, 0.15) is 258 Å². The number of nitrogens with two attached hydrogens (primary N) is 1. The first-order chi connectivity index (χ1) is 53.5. The number of likely N-dealkylation sites (N-methyl/N-ethyl adjacent to an activating group) is 4. The average Bonchev–Trinajstić information content (AvgIpc) is 0.842. The van der Waals surface area contributed by atoms with E-state index in [-0.39, 0.29) is 78.8 Å². The van der Waals surface area contributed by atoms with E-state index < -0.39 is 5.41 Å². The summed E-state index contributed by atoms with van der Waals surface area (Å²) in [5, 5.41) is 9.18. The number of nitrogens with zero attached hydrogens (tertiary/aromatic N) is 8. The number of nitrogens with one attached hydrogen (secondary N) is 3. The largest absolute Gasteiger partial charge is 0.464 e. The molecule has 2 amide bonds. The van der Waals surface area contributed by atoms with E-state index in [0.29, 0.717) is 50.5 Å². The van der Waals surface area contributed by atoms with Gasteiger partial charge in [-0.1, -0.05) is 172 Å². The Labute approximate surface area is 737 Å². The van der Waals surface area contributed by atoms with E-state index in [9.17, 15) is 19.2 Å². The van der Waals surface area contributed by atoms with Gasteiger partial charge in [-0.05, 0) is 232 Å². The summed E-state index contributed by atoms with van der Waals surface area (Å²) in [6.45, 7) is 89.3. The maximum atomic E-state index is 12.0. The molecule has 25 heteroatoms. The van der Waals surface area contributed by atoms with Crippen molar-refractivity contribution in [2.75, 3.05) is 222 Å². The summed E-state index contributed by atoms with van der Waals surface area (Å²) in [6, 6.07) is 0. The third kappa shape index (κ3) is 81.4. The van der Waals surface area contributed by atoms with Gasteiger partial charge in [0.05, 0.1) is 50.1 Å². The van der Waals surface area contributed by atoms with E-state index in [4.69, 9.17) is 43.8 Å². The van der Waals surface area contributed by atoms with Crippen LogP contribution in [-0.4, -0.2) is 317 Å². The molecule has 2 rings (SSSR count). The number of hydrogen-bond acceptors (Lipinski definition) is 22. The molecule has 2 aliphatic rings. The number of carbonyl (C=O) groups excluding carboxylic acids is 7. The van der Waals surface area contributed by atoms with E-state index in [0.717, 1.165) is 169 Å². The summed E-state index contributed by atoms with van der Waals surface area (Å²) in [5.41, 5.74) is 8.60. The normalized spacial score (nSPS) is 13.2. The zero-order valence-electron chi connectivity index (χ0n) is 82.2. The van der Waals surface area contributed by atoms with Crippen molar-refractivity contribution in [3.63, 3.8) is 0 Å². The van der Waals surface area contributed by atoms with Crippen LogP contribution in [0.2, 0.25) is 0 Å². The van der Waals surface area contributed by atoms with Crippen molar-refractivity contribution in [3.05, 3.63) is 36.6 Å². The van der Waals surface area contributed by atoms with Crippen molar-refractivity contribution in [1.29, 1.82) is 0 Å². The summed E-state index contributed by atoms with van der Waals surface area (Å²) >= 11 is 0. The summed E-state index contributed by atoms with van der Waals surface area (Å²) in [7, 11) is 20.2. The minimum absolute atomic E-state index is 0. The van der Waals surface area contributed by atoms with Gasteiger partial charge >= 0.3 is 11.9 Å². The Bertz CT molecular complexity index is 2280. The molecule has 0 aromatic heterocycles. The molecule has 118 heavy (non-hydrogen) atoms. The predicted octanol–water partition coefficient (Wildman–Crippen LogP) is 15.7. The van der Waals surface area contributed by atoms with Crippen LogP contribution in [0.3, 0.4) is 0 Å². The third-order valence-electron chi connectivity index (χ3n) is 21.1. The first-order valence-electron chi connectivity index (χ1n) is 43.0. The van der Waals surface area contributed by atoms with Crippen LogP contribution in [0.5, 0.6) is 0 Å². The second-order valence-corrected chi connectivity index (χ2v) is 34.7. The van der Waals surface area contributed by atoms with Crippen LogP contribution in [0.15, 0.2) is 36.6 Å². The molecule has 0 bridgehead atoms. The quantitative estimate of drug-likeness (QED) is 0.0251. The van der Waals surface area contributed by atoms with E-state index in [1.807, 2.05) is 175 Å². The van der Waals surface area contributed by atoms with Crippen LogP contribution in [0.4, 0.5) is 0 Å². The van der Waals surface area contributed by atoms with Gasteiger partial charge in [0.1, 0.15) is 33.1 Å². The molecule has 712 valence electrons. The van der Waals surface area contributed by atoms with E-state index in [2.05, 4.69) is 157 Å². The number of halogens is 1. The molecule has 2 saturated heterocycles. The van der Waals surface area contributed by atoms with Gasteiger partial charge < -0.3 is 94.1 Å². The molecule has 2 unspecified atom stereocenters. The van der Waals surface area contributed by atoms with E-state index >= 15 is 0 Å². The SMILES string of the molecule is C.C.C=C(CCCN(C)C)C(C)(C)CC.C=C(COCN1CCOCC1)C(C)CC.C=C(N1CCNCC1)C(C)(C)CC.C=O.C=O.C=O.CCC(C)(C)C(=O)NCCCN.CCC(C)(C)C(=O)NCCCN(C)C.CCC(C)(C)C(=O)OC(CN(C)C)CN(C)C.CCC(C)(C)C(=O)OCCN(C)C.CCC(C)OCCN(CC)CC.Cl. The maximum absolute atomic E-state index is 12.0. The molecule has 0 radical (unpaired) electrons. The summed E-state index contributed by atoms with van der Waals surface area (Å²) in [4.78, 5) is 88.0. The number of carbonyl (C=O) groups is 7. The Hall–Kier alpha value is -4.28. The molecular formula is C93H201ClN12O12. The smallest absolute Gasteiger partial charge is 0.311 e. The van der Waals surface area contributed by atoms with Crippen LogP contribution in [-0.2, 0) is 57.2 Å². The molecule has 0 spiro atoms. The van der Waals surface area contributed by atoms with Crippen molar-refractivity contribution < 1.29 is 57.2 Å². The Morgan fingerprint density at radius 1 is 0.508 bits per heavy atom. The lowest BCUT2D eigenvalue weighted by molar-refractivity contribution is -0.161. The molecule has 0 aromatic rings. The minimum atomic E-state index is -0.392. The van der Waals surface area contributed by atoms with E-state index in [1.54, 1.807) is 0 Å². The van der Waals surface area contributed by atoms with Gasteiger partial charge in [-0.15, -0.1) is 12.4 Å². The van der Waals surface area contributed by atoms with Crippen LogP contribution in [0, 0.1) is 38.4 Å². The number of esters is 2. The van der Waals surface area contributed by atoms with Crippen molar-refractivity contribution in [1.82, 2.24) is 55.1 Å². The highest BCUT2D eigenvalue weighted by Gasteiger charge is 2.31. The van der Waals surface area contributed by atoms with Crippen molar-refractivity contribution in [2.45, 2.75) is 270 Å². The Morgan fingerprint density at radius 3 is 1.27 bits per heavy atom. The fourth-order valence-corrected chi connectivity index (χ4v) is 9.04. The van der Waals surface area contributed by atoms with Gasteiger partial charge in [0.15, 0.2) is 0 Å². The molecule has 2 aliphatic heterocycles. The number of hydrogen-bond donors (Lipinski definition) is 4. The second-order valence-electron chi connectivity index (χ2n) is 34.7. The maximum Gasteiger partial charge on any atom is 0.311 e. The lowest BCUT2D eigenvalue weighted by Crippen LogP contribution is -2.45. The molecule has 0 aliphatic carbocycles. The monoisotopic (exact) mass is 1710 g/mol. The Morgan fingerprint density at radius 2 is 0.907 bits per heavy atom. The predicted molar refractivity (Wildman–Crippen MR) is 512 cm³/mol. The summed E-state index contributed by atoms with van der Waals surface area (Å²) in [5.74, 6) is 0.650. The number of rotatable bonds is 45. The molecule has 0 saturated carbocycles. The lowest BCUT2D eigenvalue weighted by Gasteiger charge is -2.38. The van der Waals surface area contributed by atoms with Crippen molar-refractivity contribution in [3.8, 4) is 0 Å². The summed E-state index contributed by atoms with van der Waals surface area (Å²) < 4.78 is 27.2. The number of piperazine rings is 1. The summed E-state index contributed by atoms with van der Waals surface area (Å²) in [6.07, 6.45) is 12.6. The van der Waals surface area contributed by atoms with Crippen molar-refractivity contribution >= 4 is 56.5 Å². The van der Waals surface area contributed by atoms with Gasteiger partial charge in [0.2, 0.25) is 11.8 Å². The van der Waals surface area contributed by atoms with Gasteiger partial charge in [-0.2, -0.15) is 0 Å². The standard InChI is InChI=1S/C13H28N2O2.C12H23NO2.C12H25N.C11H24N2O.C11H22N2.C10H21NO2.C10H23NO.C9H20N2O.3CH2O.2CH4.ClH/c1-8-13(2,3)12(16)17-11(9-14(4)5)10-15(6)7;1-4-11(2)12(3)9-15-10-13-5-7-14-8-6-13;1-7-12(3,4)11(2)9-8-10-13(5)6;1-6-11(2,3)10(14)12-8-7-9-13(4)5;1-5-11(3,4)10(2)13-8-6-12-7-9-13;1-6-10(2,3)9(12)13-8-7-11(4)5;1-5-10(4)12-9-8-11(6-2)7-3;1-4-9(2,3)8(12)11-7-5-6-10;3*1-2;;;/h11H,8-10H2,1-7H3;11H,3-10H2,1-2H3;2,7-10H2,1,3-6H3;6-9H2,1-5H3,(H,12,14);12H,2,5-9H2,1,3-4H3;6-8H2,1-5H3;10H,5-9H2,1-4H3;4-7,10H2,1-3H3,(H,11,12);3*1H2;2*1H4;1H. The van der Waals surface area contributed by atoms with Gasteiger partial charge in [0, 0.05) is 100 Å². The average molecular weight is 1720 g/mol. The Balaban J connectivity index is -0.000000108. The zero-order valence-corrected chi connectivity index (χ0v) is 83.0. The van der Waals surface area contributed by atoms with Crippen LogP contribution >= 0.6 is 12.4 Å². The topological polar surface area (TPSA) is 254 Å². The number of morpholine rings is 1. The minimum Gasteiger partial charge on any atom is -0.464 e. The number of amides is 2. The van der Waals surface area contributed by atoms with Gasteiger partial charge in [-0.3, -0.25) is 24.1 Å². The van der Waals surface area contributed by atoms with E-state index in [1.165, 1.54) is 42.7 Å². The highest BCUT2D eigenvalue weighted by Crippen LogP contribution is 2.33. The number of ether oxygens (including phenoxy) is 5. The molecule has 2 fully saturated rings. The van der Waals surface area contributed by atoms with Crippen LogP contribution in [0.25, 0.3) is 0 Å².